The van der Waals surface area contributed by atoms with Gasteiger partial charge < -0.3 is 10.3 Å². The van der Waals surface area contributed by atoms with E-state index in [0.29, 0.717) is 0 Å². The molecule has 2 nitrogen and oxygen atoms in total. The van der Waals surface area contributed by atoms with Crippen LogP contribution >= 0.6 is 0 Å². The van der Waals surface area contributed by atoms with Crippen LogP contribution in [0.2, 0.25) is 0 Å². The van der Waals surface area contributed by atoms with Crippen molar-refractivity contribution in [2.24, 2.45) is 0 Å². The lowest BCUT2D eigenvalue weighted by atomic mass is 10.1. The first kappa shape index (κ1) is 9.28. The van der Waals surface area contributed by atoms with Crippen molar-refractivity contribution in [1.82, 2.24) is 10.3 Å². The molecule has 1 heterocycles. The molecule has 0 aliphatic rings. The number of hydrogen-bond donors (Lipinski definition) is 2. The van der Waals surface area contributed by atoms with Crippen LogP contribution < -0.4 is 5.32 Å². The second kappa shape index (κ2) is 3.84. The van der Waals surface area contributed by atoms with Crippen molar-refractivity contribution in [3.63, 3.8) is 0 Å². The topological polar surface area (TPSA) is 27.8 Å². The predicted molar refractivity (Wildman–Crippen MR) is 60.7 cm³/mol. The number of H-pyrrole nitrogens is 1. The maximum atomic E-state index is 3.31. The molecule has 0 saturated carbocycles. The first-order valence-corrected chi connectivity index (χ1v) is 5.03. The number of likely N-dealkylation sites (N-methyl/N-ethyl adjacent to an activating group) is 1. The van der Waals surface area contributed by atoms with Crippen LogP contribution in [0.25, 0.3) is 10.9 Å². The summed E-state index contributed by atoms with van der Waals surface area (Å²) in [5.41, 5.74) is 4.01. The van der Waals surface area contributed by atoms with E-state index in [1.165, 1.54) is 22.0 Å². The standard InChI is InChI=1S/C12H16N2/c1-9-4-3-5-11-12(9)10(8-14-11)6-7-13-2/h3-5,8,13-14H,6-7H2,1-2H3. The average molecular weight is 188 g/mol. The van der Waals surface area contributed by atoms with Crippen molar-refractivity contribution in [2.45, 2.75) is 13.3 Å². The van der Waals surface area contributed by atoms with E-state index in [0.717, 1.165) is 13.0 Å². The molecule has 0 bridgehead atoms. The predicted octanol–water partition coefficient (Wildman–Crippen LogP) is 2.24. The highest BCUT2D eigenvalue weighted by molar-refractivity contribution is 5.86. The molecule has 74 valence electrons. The number of aryl methyl sites for hydroxylation is 1. The summed E-state index contributed by atoms with van der Waals surface area (Å²) in [6.07, 6.45) is 3.20. The van der Waals surface area contributed by atoms with Gasteiger partial charge in [0.05, 0.1) is 0 Å². The van der Waals surface area contributed by atoms with Gasteiger partial charge in [-0.05, 0) is 44.1 Å². The minimum atomic E-state index is 1.03. The van der Waals surface area contributed by atoms with Crippen molar-refractivity contribution in [3.05, 3.63) is 35.5 Å². The summed E-state index contributed by atoms with van der Waals surface area (Å²) >= 11 is 0. The normalized spacial score (nSPS) is 11.0. The number of benzene rings is 1. The molecule has 0 spiro atoms. The number of fused-ring (bicyclic) bond motifs is 1. The minimum Gasteiger partial charge on any atom is -0.361 e. The quantitative estimate of drug-likeness (QED) is 0.759. The van der Waals surface area contributed by atoms with Crippen LogP contribution in [0.15, 0.2) is 24.4 Å². The number of nitrogens with one attached hydrogen (secondary N) is 2. The number of hydrogen-bond acceptors (Lipinski definition) is 1. The molecule has 0 amide bonds. The fourth-order valence-corrected chi connectivity index (χ4v) is 1.91. The largest absolute Gasteiger partial charge is 0.361 e. The van der Waals surface area contributed by atoms with E-state index >= 15 is 0 Å². The Hall–Kier alpha value is -1.28. The Balaban J connectivity index is 2.45. The van der Waals surface area contributed by atoms with Gasteiger partial charge in [-0.15, -0.1) is 0 Å². The molecular formula is C12H16N2. The Bertz CT molecular complexity index is 429. The monoisotopic (exact) mass is 188 g/mol. The molecule has 0 aliphatic carbocycles. The summed E-state index contributed by atoms with van der Waals surface area (Å²) in [5.74, 6) is 0. The molecular weight excluding hydrogens is 172 g/mol. The van der Waals surface area contributed by atoms with E-state index in [1.807, 2.05) is 7.05 Å². The zero-order chi connectivity index (χ0) is 9.97. The van der Waals surface area contributed by atoms with Crippen molar-refractivity contribution in [3.8, 4) is 0 Å². The third kappa shape index (κ3) is 1.53. The lowest BCUT2D eigenvalue weighted by Gasteiger charge is -2.01. The molecule has 14 heavy (non-hydrogen) atoms. The third-order valence-electron chi connectivity index (χ3n) is 2.64. The fourth-order valence-electron chi connectivity index (χ4n) is 1.91. The summed E-state index contributed by atoms with van der Waals surface area (Å²) in [6.45, 7) is 3.19. The van der Waals surface area contributed by atoms with Gasteiger partial charge in [0.25, 0.3) is 0 Å². The number of rotatable bonds is 3. The Morgan fingerprint density at radius 2 is 2.21 bits per heavy atom. The van der Waals surface area contributed by atoms with Crippen LogP contribution in [0.3, 0.4) is 0 Å². The highest BCUT2D eigenvalue weighted by Gasteiger charge is 2.04. The highest BCUT2D eigenvalue weighted by Crippen LogP contribution is 2.21. The van der Waals surface area contributed by atoms with Gasteiger partial charge in [-0.25, -0.2) is 0 Å². The van der Waals surface area contributed by atoms with E-state index in [-0.39, 0.29) is 0 Å². The number of aromatic amines is 1. The summed E-state index contributed by atoms with van der Waals surface area (Å²) in [5, 5.41) is 4.57. The SMILES string of the molecule is CNCCc1c[nH]c2cccc(C)c12. The Morgan fingerprint density at radius 3 is 3.00 bits per heavy atom. The number of aromatic nitrogens is 1. The van der Waals surface area contributed by atoms with Gasteiger partial charge in [-0.3, -0.25) is 0 Å². The van der Waals surface area contributed by atoms with Crippen molar-refractivity contribution >= 4 is 10.9 Å². The Kier molecular flexibility index (Phi) is 2.55. The first-order chi connectivity index (χ1) is 6.83. The maximum Gasteiger partial charge on any atom is 0.0459 e. The van der Waals surface area contributed by atoms with Crippen LogP contribution in [0.5, 0.6) is 0 Å². The van der Waals surface area contributed by atoms with Gasteiger partial charge in [0.1, 0.15) is 0 Å². The smallest absolute Gasteiger partial charge is 0.0459 e. The molecule has 0 atom stereocenters. The van der Waals surface area contributed by atoms with E-state index in [1.54, 1.807) is 0 Å². The Labute approximate surface area is 84.3 Å². The van der Waals surface area contributed by atoms with Gasteiger partial charge in [0, 0.05) is 17.1 Å². The second-order valence-corrected chi connectivity index (χ2v) is 3.66. The van der Waals surface area contributed by atoms with Crippen molar-refractivity contribution in [1.29, 1.82) is 0 Å². The second-order valence-electron chi connectivity index (χ2n) is 3.66. The van der Waals surface area contributed by atoms with Crippen molar-refractivity contribution < 1.29 is 0 Å². The zero-order valence-corrected chi connectivity index (χ0v) is 8.72. The highest BCUT2D eigenvalue weighted by atomic mass is 14.8. The lowest BCUT2D eigenvalue weighted by molar-refractivity contribution is 0.794. The summed E-state index contributed by atoms with van der Waals surface area (Å²) in [4.78, 5) is 3.31. The molecule has 0 aliphatic heterocycles. The molecule has 0 saturated heterocycles. The molecule has 0 radical (unpaired) electrons. The summed E-state index contributed by atoms with van der Waals surface area (Å²) in [7, 11) is 1.99. The first-order valence-electron chi connectivity index (χ1n) is 5.03. The Morgan fingerprint density at radius 1 is 1.36 bits per heavy atom. The molecule has 0 unspecified atom stereocenters. The lowest BCUT2D eigenvalue weighted by Crippen LogP contribution is -2.09. The molecule has 2 rings (SSSR count). The van der Waals surface area contributed by atoms with Crippen LogP contribution in [0, 0.1) is 6.92 Å². The van der Waals surface area contributed by atoms with Crippen LogP contribution in [0.4, 0.5) is 0 Å². The zero-order valence-electron chi connectivity index (χ0n) is 8.72. The molecule has 0 fully saturated rings. The van der Waals surface area contributed by atoms with Gasteiger partial charge >= 0.3 is 0 Å². The van der Waals surface area contributed by atoms with Crippen LogP contribution in [0.1, 0.15) is 11.1 Å². The third-order valence-corrected chi connectivity index (χ3v) is 2.64. The summed E-state index contributed by atoms with van der Waals surface area (Å²) < 4.78 is 0. The van der Waals surface area contributed by atoms with E-state index in [2.05, 4.69) is 41.6 Å². The van der Waals surface area contributed by atoms with Gasteiger partial charge in [0.2, 0.25) is 0 Å². The molecule has 2 aromatic rings. The van der Waals surface area contributed by atoms with Gasteiger partial charge in [-0.2, -0.15) is 0 Å². The van der Waals surface area contributed by atoms with E-state index in [4.69, 9.17) is 0 Å². The van der Waals surface area contributed by atoms with Crippen LogP contribution in [-0.2, 0) is 6.42 Å². The molecule has 2 N–H and O–H groups in total. The fraction of sp³-hybridized carbons (Fsp3) is 0.333. The maximum absolute atomic E-state index is 3.31. The molecule has 2 heteroatoms. The van der Waals surface area contributed by atoms with E-state index < -0.39 is 0 Å². The van der Waals surface area contributed by atoms with Crippen molar-refractivity contribution in [2.75, 3.05) is 13.6 Å². The van der Waals surface area contributed by atoms with Gasteiger partial charge in [0.15, 0.2) is 0 Å². The molecule has 1 aromatic heterocycles. The van der Waals surface area contributed by atoms with Gasteiger partial charge in [-0.1, -0.05) is 12.1 Å². The van der Waals surface area contributed by atoms with E-state index in [9.17, 15) is 0 Å². The average Bonchev–Trinajstić information content (AvgIpc) is 2.59. The minimum absolute atomic E-state index is 1.03. The summed E-state index contributed by atoms with van der Waals surface area (Å²) in [6, 6.07) is 6.39. The van der Waals surface area contributed by atoms with Crippen LogP contribution in [-0.4, -0.2) is 18.6 Å². The molecule has 1 aromatic carbocycles.